The SMILES string of the molecule is Cc1nc(COc2ccccc2C(=O)NCc2ccccc2CN2CCOCC2)cs1. The lowest BCUT2D eigenvalue weighted by molar-refractivity contribution is 0.0340. The first-order chi connectivity index (χ1) is 15.2. The van der Waals surface area contributed by atoms with Crippen LogP contribution in [-0.4, -0.2) is 42.1 Å². The molecule has 2 heterocycles. The zero-order valence-electron chi connectivity index (χ0n) is 17.7. The van der Waals surface area contributed by atoms with E-state index in [1.807, 2.05) is 42.6 Å². The van der Waals surface area contributed by atoms with Crippen LogP contribution in [0, 0.1) is 6.92 Å². The molecule has 0 bridgehead atoms. The predicted molar refractivity (Wildman–Crippen MR) is 121 cm³/mol. The molecule has 0 atom stereocenters. The van der Waals surface area contributed by atoms with Crippen LogP contribution in [0.3, 0.4) is 0 Å². The molecule has 4 rings (SSSR count). The Labute approximate surface area is 186 Å². The van der Waals surface area contributed by atoms with Gasteiger partial charge in [0.15, 0.2) is 0 Å². The number of ether oxygens (including phenoxy) is 2. The zero-order valence-corrected chi connectivity index (χ0v) is 18.5. The molecular formula is C24H27N3O3S. The van der Waals surface area contributed by atoms with Gasteiger partial charge in [-0.05, 0) is 30.2 Å². The van der Waals surface area contributed by atoms with E-state index in [1.165, 1.54) is 5.56 Å². The molecule has 0 saturated carbocycles. The maximum absolute atomic E-state index is 12.9. The van der Waals surface area contributed by atoms with Gasteiger partial charge in [0.2, 0.25) is 0 Å². The maximum Gasteiger partial charge on any atom is 0.255 e. The number of nitrogens with one attached hydrogen (secondary N) is 1. The van der Waals surface area contributed by atoms with Crippen molar-refractivity contribution in [2.24, 2.45) is 0 Å². The van der Waals surface area contributed by atoms with Crippen LogP contribution in [0.4, 0.5) is 0 Å². The van der Waals surface area contributed by atoms with Crippen molar-refractivity contribution in [3.05, 3.63) is 81.3 Å². The highest BCUT2D eigenvalue weighted by molar-refractivity contribution is 7.09. The van der Waals surface area contributed by atoms with E-state index in [-0.39, 0.29) is 5.91 Å². The third-order valence-corrected chi connectivity index (χ3v) is 6.05. The number of aryl methyl sites for hydroxylation is 1. The van der Waals surface area contributed by atoms with Gasteiger partial charge in [0.1, 0.15) is 12.4 Å². The van der Waals surface area contributed by atoms with E-state index in [2.05, 4.69) is 27.3 Å². The van der Waals surface area contributed by atoms with Gasteiger partial charge in [-0.25, -0.2) is 4.98 Å². The number of hydrogen-bond acceptors (Lipinski definition) is 6. The van der Waals surface area contributed by atoms with Crippen LogP contribution in [0.5, 0.6) is 5.75 Å². The number of morpholine rings is 1. The van der Waals surface area contributed by atoms with Crippen LogP contribution in [-0.2, 0) is 24.4 Å². The molecular weight excluding hydrogens is 410 g/mol. The first-order valence-electron chi connectivity index (χ1n) is 10.5. The summed E-state index contributed by atoms with van der Waals surface area (Å²) in [6.45, 7) is 7.06. The minimum Gasteiger partial charge on any atom is -0.486 e. The number of rotatable bonds is 8. The van der Waals surface area contributed by atoms with E-state index in [4.69, 9.17) is 9.47 Å². The molecule has 1 aromatic heterocycles. The van der Waals surface area contributed by atoms with Crippen molar-refractivity contribution in [1.29, 1.82) is 0 Å². The van der Waals surface area contributed by atoms with Crippen LogP contribution in [0.25, 0.3) is 0 Å². The standard InChI is InChI=1S/C24H27N3O3S/c1-18-26-21(17-31-18)16-30-23-9-5-4-8-22(23)24(28)25-14-19-6-2-3-7-20(19)15-27-10-12-29-13-11-27/h2-9,17H,10-16H2,1H3,(H,25,28). The molecule has 1 saturated heterocycles. The van der Waals surface area contributed by atoms with Gasteiger partial charge in [-0.3, -0.25) is 9.69 Å². The molecule has 1 N–H and O–H groups in total. The number of hydrogen-bond donors (Lipinski definition) is 1. The van der Waals surface area contributed by atoms with Gasteiger partial charge >= 0.3 is 0 Å². The third kappa shape index (κ3) is 5.91. The number of amides is 1. The Balaban J connectivity index is 1.39. The molecule has 0 spiro atoms. The van der Waals surface area contributed by atoms with Gasteiger partial charge in [0.05, 0.1) is 29.5 Å². The van der Waals surface area contributed by atoms with Crippen LogP contribution in [0.15, 0.2) is 53.9 Å². The summed E-state index contributed by atoms with van der Waals surface area (Å²) >= 11 is 1.59. The Morgan fingerprint density at radius 3 is 2.65 bits per heavy atom. The van der Waals surface area contributed by atoms with Crippen LogP contribution in [0.1, 0.15) is 32.2 Å². The quantitative estimate of drug-likeness (QED) is 0.581. The van der Waals surface area contributed by atoms with E-state index in [9.17, 15) is 4.79 Å². The fraction of sp³-hybridized carbons (Fsp3) is 0.333. The molecule has 162 valence electrons. The largest absolute Gasteiger partial charge is 0.486 e. The summed E-state index contributed by atoms with van der Waals surface area (Å²) in [6, 6.07) is 15.6. The van der Waals surface area contributed by atoms with Gasteiger partial charge in [0.25, 0.3) is 5.91 Å². The lowest BCUT2D eigenvalue weighted by Crippen LogP contribution is -2.36. The topological polar surface area (TPSA) is 63.7 Å². The summed E-state index contributed by atoms with van der Waals surface area (Å²) in [5, 5.41) is 6.04. The highest BCUT2D eigenvalue weighted by Gasteiger charge is 2.15. The molecule has 3 aromatic rings. The molecule has 1 amide bonds. The first-order valence-corrected chi connectivity index (χ1v) is 11.3. The number of nitrogens with zero attached hydrogens (tertiary/aromatic N) is 2. The Kier molecular flexibility index (Phi) is 7.30. The van der Waals surface area contributed by atoms with Crippen molar-refractivity contribution in [3.63, 3.8) is 0 Å². The monoisotopic (exact) mass is 437 g/mol. The minimum atomic E-state index is -0.147. The van der Waals surface area contributed by atoms with Gasteiger partial charge in [-0.2, -0.15) is 0 Å². The lowest BCUT2D eigenvalue weighted by Gasteiger charge is -2.27. The van der Waals surface area contributed by atoms with Crippen LogP contribution in [0.2, 0.25) is 0 Å². The second-order valence-corrected chi connectivity index (χ2v) is 8.54. The number of para-hydroxylation sites is 1. The molecule has 31 heavy (non-hydrogen) atoms. The van der Waals surface area contributed by atoms with Gasteiger partial charge in [-0.15, -0.1) is 11.3 Å². The number of benzene rings is 2. The predicted octanol–water partition coefficient (Wildman–Crippen LogP) is 3.79. The average molecular weight is 438 g/mol. The second kappa shape index (κ2) is 10.5. The maximum atomic E-state index is 12.9. The molecule has 1 aliphatic rings. The van der Waals surface area contributed by atoms with Crippen LogP contribution >= 0.6 is 11.3 Å². The second-order valence-electron chi connectivity index (χ2n) is 7.48. The van der Waals surface area contributed by atoms with E-state index < -0.39 is 0 Å². The summed E-state index contributed by atoms with van der Waals surface area (Å²) < 4.78 is 11.3. The van der Waals surface area contributed by atoms with E-state index in [0.29, 0.717) is 24.5 Å². The lowest BCUT2D eigenvalue weighted by atomic mass is 10.1. The molecule has 1 aliphatic heterocycles. The van der Waals surface area contributed by atoms with Gasteiger partial charge in [-0.1, -0.05) is 36.4 Å². The smallest absolute Gasteiger partial charge is 0.255 e. The van der Waals surface area contributed by atoms with Crippen molar-refractivity contribution in [1.82, 2.24) is 15.2 Å². The summed E-state index contributed by atoms with van der Waals surface area (Å²) in [5.41, 5.74) is 3.75. The van der Waals surface area contributed by atoms with Crippen molar-refractivity contribution in [2.45, 2.75) is 26.6 Å². The van der Waals surface area contributed by atoms with Crippen LogP contribution < -0.4 is 10.1 Å². The summed E-state index contributed by atoms with van der Waals surface area (Å²) in [7, 11) is 0. The Bertz CT molecular complexity index is 1010. The van der Waals surface area contributed by atoms with E-state index >= 15 is 0 Å². The molecule has 0 radical (unpaired) electrons. The van der Waals surface area contributed by atoms with E-state index in [0.717, 1.165) is 49.1 Å². The molecule has 0 aliphatic carbocycles. The van der Waals surface area contributed by atoms with Crippen molar-refractivity contribution in [3.8, 4) is 5.75 Å². The third-order valence-electron chi connectivity index (χ3n) is 5.23. The Morgan fingerprint density at radius 2 is 1.87 bits per heavy atom. The molecule has 7 heteroatoms. The summed E-state index contributed by atoms with van der Waals surface area (Å²) in [5.74, 6) is 0.415. The summed E-state index contributed by atoms with van der Waals surface area (Å²) in [6.07, 6.45) is 0. The average Bonchev–Trinajstić information content (AvgIpc) is 3.23. The first kappa shape index (κ1) is 21.5. The number of thiazole rings is 1. The highest BCUT2D eigenvalue weighted by Crippen LogP contribution is 2.20. The minimum absolute atomic E-state index is 0.147. The van der Waals surface area contributed by atoms with Gasteiger partial charge < -0.3 is 14.8 Å². The normalized spacial score (nSPS) is 14.4. The molecule has 0 unspecified atom stereocenters. The molecule has 6 nitrogen and oxygen atoms in total. The Morgan fingerprint density at radius 1 is 1.13 bits per heavy atom. The van der Waals surface area contributed by atoms with Crippen molar-refractivity contribution >= 4 is 17.2 Å². The van der Waals surface area contributed by atoms with Crippen molar-refractivity contribution in [2.75, 3.05) is 26.3 Å². The van der Waals surface area contributed by atoms with E-state index in [1.54, 1.807) is 17.4 Å². The Hall–Kier alpha value is -2.74. The molecule has 1 fully saturated rings. The summed E-state index contributed by atoms with van der Waals surface area (Å²) in [4.78, 5) is 19.7. The highest BCUT2D eigenvalue weighted by atomic mass is 32.1. The number of carbonyl (C=O) groups excluding carboxylic acids is 1. The van der Waals surface area contributed by atoms with Crippen molar-refractivity contribution < 1.29 is 14.3 Å². The molecule has 2 aromatic carbocycles. The fourth-order valence-corrected chi connectivity index (χ4v) is 4.16. The fourth-order valence-electron chi connectivity index (χ4n) is 3.56. The zero-order chi connectivity index (χ0) is 21.5. The van der Waals surface area contributed by atoms with Gasteiger partial charge in [0, 0.05) is 31.6 Å². The number of aromatic nitrogens is 1. The number of carbonyl (C=O) groups is 1.